The van der Waals surface area contributed by atoms with Crippen molar-refractivity contribution in [1.82, 2.24) is 5.32 Å². The lowest BCUT2D eigenvalue weighted by Crippen LogP contribution is -2.40. The van der Waals surface area contributed by atoms with Crippen molar-refractivity contribution in [1.29, 1.82) is 0 Å². The maximum absolute atomic E-state index is 3.66. The molecule has 0 amide bonds. The molecule has 1 aromatic rings. The molecule has 1 atom stereocenters. The molecule has 1 unspecified atom stereocenters. The first-order valence-corrected chi connectivity index (χ1v) is 7.50. The molecule has 108 valence electrons. The molecular weight excluding hydrogens is 230 g/mol. The molecule has 0 aliphatic rings. The van der Waals surface area contributed by atoms with Gasteiger partial charge in [-0.3, -0.25) is 0 Å². The van der Waals surface area contributed by atoms with Crippen molar-refractivity contribution in [3.63, 3.8) is 0 Å². The van der Waals surface area contributed by atoms with Gasteiger partial charge in [0.25, 0.3) is 0 Å². The van der Waals surface area contributed by atoms with Crippen LogP contribution in [-0.4, -0.2) is 12.1 Å². The smallest absolute Gasteiger partial charge is 0.00966 e. The summed E-state index contributed by atoms with van der Waals surface area (Å²) < 4.78 is 0. The van der Waals surface area contributed by atoms with Crippen LogP contribution in [0.5, 0.6) is 0 Å². The molecule has 0 bridgehead atoms. The van der Waals surface area contributed by atoms with E-state index in [0.717, 1.165) is 6.54 Å². The van der Waals surface area contributed by atoms with Crippen LogP contribution >= 0.6 is 0 Å². The predicted molar refractivity (Wildman–Crippen MR) is 85.7 cm³/mol. The van der Waals surface area contributed by atoms with E-state index >= 15 is 0 Å². The van der Waals surface area contributed by atoms with E-state index < -0.39 is 0 Å². The highest BCUT2D eigenvalue weighted by Gasteiger charge is 2.18. The van der Waals surface area contributed by atoms with E-state index in [1.165, 1.54) is 23.1 Å². The Kier molecular flexibility index (Phi) is 5.61. The maximum Gasteiger partial charge on any atom is 0.00966 e. The number of nitrogens with one attached hydrogen (secondary N) is 1. The molecule has 0 aliphatic heterocycles. The lowest BCUT2D eigenvalue weighted by molar-refractivity contribution is 0.312. The third-order valence-electron chi connectivity index (χ3n) is 3.82. The summed E-state index contributed by atoms with van der Waals surface area (Å²) in [4.78, 5) is 0. The molecule has 0 radical (unpaired) electrons. The summed E-state index contributed by atoms with van der Waals surface area (Å²) in [5.41, 5.74) is 4.50. The highest BCUT2D eigenvalue weighted by atomic mass is 14.9. The SMILES string of the molecule is Cc1ccc(C)c(CC(CNC(C)(C)C)C(C)C)c1. The molecule has 0 aliphatic carbocycles. The van der Waals surface area contributed by atoms with Crippen LogP contribution in [0.1, 0.15) is 51.3 Å². The molecule has 1 aromatic carbocycles. The van der Waals surface area contributed by atoms with Crippen molar-refractivity contribution >= 4 is 0 Å². The van der Waals surface area contributed by atoms with Gasteiger partial charge in [-0.25, -0.2) is 0 Å². The standard InChI is InChI=1S/C18H31N/c1-13(2)17(12-19-18(5,6)7)11-16-10-14(3)8-9-15(16)4/h8-10,13,17,19H,11-12H2,1-7H3. The van der Waals surface area contributed by atoms with Gasteiger partial charge >= 0.3 is 0 Å². The lowest BCUT2D eigenvalue weighted by Gasteiger charge is -2.28. The van der Waals surface area contributed by atoms with E-state index in [0.29, 0.717) is 11.8 Å². The van der Waals surface area contributed by atoms with E-state index in [1.807, 2.05) is 0 Å². The monoisotopic (exact) mass is 261 g/mol. The van der Waals surface area contributed by atoms with Gasteiger partial charge in [0.15, 0.2) is 0 Å². The van der Waals surface area contributed by atoms with E-state index in [9.17, 15) is 0 Å². The molecule has 1 heteroatoms. The molecule has 0 fully saturated rings. The van der Waals surface area contributed by atoms with Gasteiger partial charge < -0.3 is 5.32 Å². The van der Waals surface area contributed by atoms with Crippen molar-refractivity contribution in [3.05, 3.63) is 34.9 Å². The number of hydrogen-bond donors (Lipinski definition) is 1. The molecule has 1 nitrogen and oxygen atoms in total. The van der Waals surface area contributed by atoms with Crippen LogP contribution in [-0.2, 0) is 6.42 Å². The average Bonchev–Trinajstić information content (AvgIpc) is 2.27. The van der Waals surface area contributed by atoms with E-state index in [4.69, 9.17) is 0 Å². The van der Waals surface area contributed by atoms with Gasteiger partial charge in [0.1, 0.15) is 0 Å². The van der Waals surface area contributed by atoms with Crippen LogP contribution in [0.3, 0.4) is 0 Å². The summed E-state index contributed by atoms with van der Waals surface area (Å²) in [6, 6.07) is 6.80. The van der Waals surface area contributed by atoms with Gasteiger partial charge in [-0.1, -0.05) is 37.6 Å². The van der Waals surface area contributed by atoms with Gasteiger partial charge in [-0.05, 0) is 70.5 Å². The van der Waals surface area contributed by atoms with Crippen molar-refractivity contribution in [3.8, 4) is 0 Å². The summed E-state index contributed by atoms with van der Waals surface area (Å²) in [6.07, 6.45) is 1.17. The molecule has 0 aromatic heterocycles. The van der Waals surface area contributed by atoms with Gasteiger partial charge in [0.05, 0.1) is 0 Å². The van der Waals surface area contributed by atoms with Crippen LogP contribution < -0.4 is 5.32 Å². The van der Waals surface area contributed by atoms with E-state index in [2.05, 4.69) is 72.0 Å². The summed E-state index contributed by atoms with van der Waals surface area (Å²) in [5, 5.41) is 3.66. The first kappa shape index (κ1) is 16.2. The second kappa shape index (κ2) is 6.56. The normalized spacial score (nSPS) is 13.9. The van der Waals surface area contributed by atoms with Crippen molar-refractivity contribution in [2.24, 2.45) is 11.8 Å². The molecule has 0 saturated carbocycles. The van der Waals surface area contributed by atoms with Gasteiger partial charge in [-0.15, -0.1) is 0 Å². The van der Waals surface area contributed by atoms with Gasteiger partial charge in [-0.2, -0.15) is 0 Å². The molecule has 0 heterocycles. The molecule has 1 N–H and O–H groups in total. The Morgan fingerprint density at radius 2 is 1.74 bits per heavy atom. The fraction of sp³-hybridized carbons (Fsp3) is 0.667. The Hall–Kier alpha value is -0.820. The lowest BCUT2D eigenvalue weighted by atomic mass is 9.86. The maximum atomic E-state index is 3.66. The Labute approximate surface area is 119 Å². The minimum absolute atomic E-state index is 0.203. The first-order chi connectivity index (χ1) is 8.69. The first-order valence-electron chi connectivity index (χ1n) is 7.50. The van der Waals surface area contributed by atoms with Crippen LogP contribution in [0.2, 0.25) is 0 Å². The van der Waals surface area contributed by atoms with Crippen molar-refractivity contribution in [2.75, 3.05) is 6.54 Å². The Bertz CT molecular complexity index is 399. The Morgan fingerprint density at radius 3 is 2.26 bits per heavy atom. The number of aryl methyl sites for hydroxylation is 2. The Morgan fingerprint density at radius 1 is 1.11 bits per heavy atom. The summed E-state index contributed by atoms with van der Waals surface area (Å²) in [7, 11) is 0. The average molecular weight is 261 g/mol. The molecule has 0 spiro atoms. The quantitative estimate of drug-likeness (QED) is 0.822. The predicted octanol–water partition coefficient (Wildman–Crippen LogP) is 4.51. The minimum atomic E-state index is 0.203. The summed E-state index contributed by atoms with van der Waals surface area (Å²) >= 11 is 0. The zero-order valence-corrected chi connectivity index (χ0v) is 13.8. The highest BCUT2D eigenvalue weighted by molar-refractivity contribution is 5.30. The van der Waals surface area contributed by atoms with Crippen molar-refractivity contribution in [2.45, 2.75) is 60.4 Å². The zero-order valence-electron chi connectivity index (χ0n) is 13.8. The summed E-state index contributed by atoms with van der Waals surface area (Å²) in [6.45, 7) is 16.9. The Balaban J connectivity index is 2.75. The number of hydrogen-bond acceptors (Lipinski definition) is 1. The third kappa shape index (κ3) is 5.78. The zero-order chi connectivity index (χ0) is 14.6. The van der Waals surface area contributed by atoms with E-state index in [-0.39, 0.29) is 5.54 Å². The van der Waals surface area contributed by atoms with Crippen molar-refractivity contribution < 1.29 is 0 Å². The fourth-order valence-electron chi connectivity index (χ4n) is 2.28. The fourth-order valence-corrected chi connectivity index (χ4v) is 2.28. The number of benzene rings is 1. The third-order valence-corrected chi connectivity index (χ3v) is 3.82. The molecule has 0 saturated heterocycles. The van der Waals surface area contributed by atoms with Crippen LogP contribution in [0.4, 0.5) is 0 Å². The van der Waals surface area contributed by atoms with Gasteiger partial charge in [0.2, 0.25) is 0 Å². The summed E-state index contributed by atoms with van der Waals surface area (Å²) in [5.74, 6) is 1.40. The van der Waals surface area contributed by atoms with Crippen LogP contribution in [0.15, 0.2) is 18.2 Å². The van der Waals surface area contributed by atoms with Crippen LogP contribution in [0.25, 0.3) is 0 Å². The van der Waals surface area contributed by atoms with Gasteiger partial charge in [0, 0.05) is 5.54 Å². The molecular formula is C18H31N. The highest BCUT2D eigenvalue weighted by Crippen LogP contribution is 2.21. The number of rotatable bonds is 5. The van der Waals surface area contributed by atoms with E-state index in [1.54, 1.807) is 0 Å². The second-order valence-corrected chi connectivity index (χ2v) is 7.27. The molecule has 1 rings (SSSR count). The van der Waals surface area contributed by atoms with Crippen LogP contribution in [0, 0.1) is 25.7 Å². The second-order valence-electron chi connectivity index (χ2n) is 7.27. The molecule has 19 heavy (non-hydrogen) atoms. The largest absolute Gasteiger partial charge is 0.312 e. The minimum Gasteiger partial charge on any atom is -0.312 e. The topological polar surface area (TPSA) is 12.0 Å².